The molecule has 10 nitrogen and oxygen atoms in total. The fraction of sp³-hybridized carbons (Fsp3) is 0.118. The molecule has 1 saturated heterocycles. The van der Waals surface area contributed by atoms with Crippen molar-refractivity contribution in [3.63, 3.8) is 0 Å². The third-order valence-corrected chi connectivity index (χ3v) is 3.66. The Kier molecular flexibility index (Phi) is 4.97. The van der Waals surface area contributed by atoms with E-state index in [0.29, 0.717) is 0 Å². The van der Waals surface area contributed by atoms with E-state index in [-0.39, 0.29) is 17.2 Å². The molecule has 5 amide bonds. The first-order valence-corrected chi connectivity index (χ1v) is 7.71. The molecule has 2 N–H and O–H groups in total. The van der Waals surface area contributed by atoms with E-state index >= 15 is 0 Å². The number of barbiturate groups is 1. The summed E-state index contributed by atoms with van der Waals surface area (Å²) in [4.78, 5) is 49.4. The van der Waals surface area contributed by atoms with E-state index in [0.717, 1.165) is 11.1 Å². The molecule has 2 heterocycles. The van der Waals surface area contributed by atoms with Crippen molar-refractivity contribution >= 4 is 35.7 Å². The number of rotatable bonds is 5. The van der Waals surface area contributed by atoms with Gasteiger partial charge in [-0.2, -0.15) is 5.10 Å². The van der Waals surface area contributed by atoms with E-state index in [9.17, 15) is 19.2 Å². The van der Waals surface area contributed by atoms with E-state index in [1.165, 1.54) is 31.6 Å². The summed E-state index contributed by atoms with van der Waals surface area (Å²) in [5.41, 5.74) is 2.31. The Morgan fingerprint density at radius 3 is 2.74 bits per heavy atom. The van der Waals surface area contributed by atoms with Crippen molar-refractivity contribution in [2.24, 2.45) is 11.0 Å². The van der Waals surface area contributed by atoms with E-state index in [2.05, 4.69) is 15.8 Å². The average Bonchev–Trinajstić information content (AvgIpc) is 3.19. The van der Waals surface area contributed by atoms with Crippen LogP contribution < -0.4 is 20.4 Å². The molecule has 0 bridgehead atoms. The minimum absolute atomic E-state index is 0.0115. The van der Waals surface area contributed by atoms with Gasteiger partial charge in [0.25, 0.3) is 5.91 Å². The number of nitrogens with one attached hydrogen (secondary N) is 2. The molecule has 0 saturated carbocycles. The number of anilines is 1. The summed E-state index contributed by atoms with van der Waals surface area (Å²) in [6.45, 7) is 0. The number of carbonyl (C=O) groups is 4. The first-order chi connectivity index (χ1) is 13.0. The number of hydrogen-bond donors (Lipinski definition) is 2. The molecule has 1 aromatic carbocycles. The lowest BCUT2D eigenvalue weighted by Gasteiger charge is -2.29. The van der Waals surface area contributed by atoms with E-state index in [4.69, 9.17) is 9.15 Å². The molecule has 1 aliphatic heterocycles. The number of nitrogens with zero attached hydrogens (tertiary/aromatic N) is 2. The van der Waals surface area contributed by atoms with Gasteiger partial charge < -0.3 is 9.15 Å². The van der Waals surface area contributed by atoms with Gasteiger partial charge in [0.15, 0.2) is 11.7 Å². The number of amides is 5. The number of ether oxygens (including phenoxy) is 1. The molecule has 1 fully saturated rings. The molecule has 27 heavy (non-hydrogen) atoms. The van der Waals surface area contributed by atoms with Crippen molar-refractivity contribution in [1.82, 2.24) is 10.7 Å². The van der Waals surface area contributed by atoms with Crippen LogP contribution in [0.4, 0.5) is 10.5 Å². The van der Waals surface area contributed by atoms with Crippen LogP contribution in [0.3, 0.4) is 0 Å². The second kappa shape index (κ2) is 7.52. The first-order valence-electron chi connectivity index (χ1n) is 7.71. The number of imide groups is 2. The zero-order valence-corrected chi connectivity index (χ0v) is 14.0. The van der Waals surface area contributed by atoms with E-state index in [1.807, 2.05) is 0 Å². The van der Waals surface area contributed by atoms with Gasteiger partial charge in [0, 0.05) is 6.21 Å². The van der Waals surface area contributed by atoms with Crippen LogP contribution in [0.2, 0.25) is 0 Å². The zero-order valence-electron chi connectivity index (χ0n) is 14.0. The first kappa shape index (κ1) is 17.9. The van der Waals surface area contributed by atoms with Gasteiger partial charge in [0.05, 0.1) is 19.1 Å². The van der Waals surface area contributed by atoms with Crippen LogP contribution in [0, 0.1) is 5.92 Å². The molecular weight excluding hydrogens is 356 g/mol. The fourth-order valence-corrected chi connectivity index (χ4v) is 2.40. The molecule has 0 aliphatic carbocycles. The van der Waals surface area contributed by atoms with Gasteiger partial charge in [0.1, 0.15) is 5.75 Å². The number of para-hydroxylation sites is 2. The molecule has 1 aromatic heterocycles. The Bertz CT molecular complexity index is 921. The second-order valence-electron chi connectivity index (χ2n) is 5.31. The summed E-state index contributed by atoms with van der Waals surface area (Å²) in [6.07, 6.45) is 2.25. The van der Waals surface area contributed by atoms with Gasteiger partial charge >= 0.3 is 11.9 Å². The van der Waals surface area contributed by atoms with Crippen LogP contribution in [0.1, 0.15) is 10.6 Å². The van der Waals surface area contributed by atoms with Gasteiger partial charge in [-0.25, -0.2) is 15.1 Å². The standard InChI is InChI=1S/C17H14N4O6/c1-26-12-6-3-2-5-11(12)21-16(24)10(14(22)19-17(21)25)9-18-20-15(23)13-7-4-8-27-13/h2-10H,1H3,(H,20,23)(H,19,22,25)/b18-9-/t10-/m1/s1. The van der Waals surface area contributed by atoms with Gasteiger partial charge in [-0.15, -0.1) is 0 Å². The van der Waals surface area contributed by atoms with Crippen molar-refractivity contribution in [1.29, 1.82) is 0 Å². The second-order valence-corrected chi connectivity index (χ2v) is 5.31. The summed E-state index contributed by atoms with van der Waals surface area (Å²) >= 11 is 0. The Labute approximate surface area is 152 Å². The normalized spacial score (nSPS) is 17.1. The Hall–Kier alpha value is -3.95. The highest BCUT2D eigenvalue weighted by Crippen LogP contribution is 2.30. The summed E-state index contributed by atoms with van der Waals surface area (Å²) in [6, 6.07) is 8.39. The molecule has 1 aliphatic rings. The smallest absolute Gasteiger partial charge is 0.335 e. The van der Waals surface area contributed by atoms with Crippen LogP contribution in [-0.4, -0.2) is 37.1 Å². The SMILES string of the molecule is COc1ccccc1N1C(=O)NC(=O)[C@@H](/C=N\NC(=O)c2ccco2)C1=O. The number of carbonyl (C=O) groups excluding carboxylic acids is 4. The van der Waals surface area contributed by atoms with Crippen molar-refractivity contribution in [2.75, 3.05) is 12.0 Å². The molecule has 1 atom stereocenters. The van der Waals surface area contributed by atoms with Crippen LogP contribution in [0.25, 0.3) is 0 Å². The average molecular weight is 370 g/mol. The molecule has 0 radical (unpaired) electrons. The number of urea groups is 1. The Balaban J connectivity index is 1.80. The number of hydrazone groups is 1. The van der Waals surface area contributed by atoms with E-state index < -0.39 is 29.7 Å². The highest BCUT2D eigenvalue weighted by atomic mass is 16.5. The summed E-state index contributed by atoms with van der Waals surface area (Å²) < 4.78 is 10.0. The molecule has 3 rings (SSSR count). The predicted molar refractivity (Wildman–Crippen MR) is 92.2 cm³/mol. The van der Waals surface area contributed by atoms with Crippen molar-refractivity contribution in [3.05, 3.63) is 48.4 Å². The third-order valence-electron chi connectivity index (χ3n) is 3.66. The Morgan fingerprint density at radius 2 is 2.04 bits per heavy atom. The number of benzene rings is 1. The molecule has 10 heteroatoms. The number of hydrogen-bond acceptors (Lipinski definition) is 7. The maximum atomic E-state index is 12.7. The molecule has 138 valence electrons. The third kappa shape index (κ3) is 3.54. The molecule has 2 aromatic rings. The summed E-state index contributed by atoms with van der Waals surface area (Å²) in [7, 11) is 1.39. The summed E-state index contributed by atoms with van der Waals surface area (Å²) in [5, 5.41) is 5.69. The number of methoxy groups -OCH3 is 1. The maximum absolute atomic E-state index is 12.7. The topological polar surface area (TPSA) is 130 Å². The van der Waals surface area contributed by atoms with Gasteiger partial charge in [-0.1, -0.05) is 12.1 Å². The number of furan rings is 1. The lowest BCUT2D eigenvalue weighted by Crippen LogP contribution is -2.58. The van der Waals surface area contributed by atoms with Crippen molar-refractivity contribution < 1.29 is 28.3 Å². The maximum Gasteiger partial charge on any atom is 0.335 e. The van der Waals surface area contributed by atoms with Gasteiger partial charge in [-0.05, 0) is 24.3 Å². The predicted octanol–water partition coefficient (Wildman–Crippen LogP) is 0.903. The lowest BCUT2D eigenvalue weighted by atomic mass is 10.1. The lowest BCUT2D eigenvalue weighted by molar-refractivity contribution is -0.131. The van der Waals surface area contributed by atoms with Crippen LogP contribution in [0.5, 0.6) is 5.75 Å². The Morgan fingerprint density at radius 1 is 1.26 bits per heavy atom. The van der Waals surface area contributed by atoms with E-state index in [1.54, 1.807) is 18.2 Å². The van der Waals surface area contributed by atoms with Gasteiger partial charge in [-0.3, -0.25) is 19.7 Å². The zero-order chi connectivity index (χ0) is 19.4. The summed E-state index contributed by atoms with van der Waals surface area (Å²) in [5.74, 6) is -3.46. The minimum atomic E-state index is -1.41. The largest absolute Gasteiger partial charge is 0.495 e. The quantitative estimate of drug-likeness (QED) is 0.457. The van der Waals surface area contributed by atoms with Gasteiger partial charge in [0.2, 0.25) is 5.91 Å². The molecule has 0 spiro atoms. The van der Waals surface area contributed by atoms with Crippen molar-refractivity contribution in [3.8, 4) is 5.75 Å². The monoisotopic (exact) mass is 370 g/mol. The van der Waals surface area contributed by atoms with Crippen LogP contribution >= 0.6 is 0 Å². The molecule has 0 unspecified atom stereocenters. The highest BCUT2D eigenvalue weighted by molar-refractivity contribution is 6.32. The van der Waals surface area contributed by atoms with Crippen LogP contribution in [-0.2, 0) is 9.59 Å². The van der Waals surface area contributed by atoms with Crippen LogP contribution in [0.15, 0.2) is 52.2 Å². The minimum Gasteiger partial charge on any atom is -0.495 e. The molecular formula is C17H14N4O6. The fourth-order valence-electron chi connectivity index (χ4n) is 2.40. The van der Waals surface area contributed by atoms with Crippen molar-refractivity contribution in [2.45, 2.75) is 0 Å². The highest BCUT2D eigenvalue weighted by Gasteiger charge is 2.41.